The third kappa shape index (κ3) is 4.24. The number of rotatable bonds is 6. The summed E-state index contributed by atoms with van der Waals surface area (Å²) in [7, 11) is 0. The fraction of sp³-hybridized carbons (Fsp3) is 0.350. The number of carbonyl (C=O) groups excluding carboxylic acids is 1. The molecule has 1 saturated heterocycles. The van der Waals surface area contributed by atoms with Gasteiger partial charge in [0.15, 0.2) is 11.5 Å². The maximum absolute atomic E-state index is 13.3. The number of carbonyl (C=O) groups is 1. The highest BCUT2D eigenvalue weighted by Crippen LogP contribution is 2.21. The number of Topliss-reactive ketones (excluding diaryl/α,β-unsaturated/α-hetero) is 1. The molecule has 6 nitrogen and oxygen atoms in total. The summed E-state index contributed by atoms with van der Waals surface area (Å²) in [6.45, 7) is 2.33. The van der Waals surface area contributed by atoms with Gasteiger partial charge >= 0.3 is 0 Å². The molecule has 0 atom stereocenters. The van der Waals surface area contributed by atoms with Gasteiger partial charge in [-0.2, -0.15) is 5.10 Å². The van der Waals surface area contributed by atoms with Crippen molar-refractivity contribution in [2.75, 3.05) is 18.0 Å². The van der Waals surface area contributed by atoms with Crippen LogP contribution in [0, 0.1) is 5.82 Å². The van der Waals surface area contributed by atoms with E-state index in [4.69, 9.17) is 4.52 Å². The van der Waals surface area contributed by atoms with Gasteiger partial charge in [0, 0.05) is 31.8 Å². The van der Waals surface area contributed by atoms with Crippen LogP contribution in [0.15, 0.2) is 47.2 Å². The second kappa shape index (κ2) is 7.73. The van der Waals surface area contributed by atoms with Crippen LogP contribution in [0.2, 0.25) is 0 Å². The van der Waals surface area contributed by atoms with Crippen LogP contribution >= 0.6 is 0 Å². The predicted octanol–water partition coefficient (Wildman–Crippen LogP) is 3.47. The van der Waals surface area contributed by atoms with Crippen molar-refractivity contribution in [1.82, 2.24) is 14.9 Å². The Hall–Kier alpha value is -2.96. The van der Waals surface area contributed by atoms with E-state index < -0.39 is 0 Å². The summed E-state index contributed by atoms with van der Waals surface area (Å²) in [6.07, 6.45) is 7.16. The topological polar surface area (TPSA) is 64.2 Å². The predicted molar refractivity (Wildman–Crippen MR) is 98.3 cm³/mol. The number of piperidine rings is 1. The number of ketones is 1. The minimum Gasteiger partial charge on any atom is -0.341 e. The Labute approximate surface area is 156 Å². The number of benzene rings is 1. The van der Waals surface area contributed by atoms with Gasteiger partial charge in [-0.15, -0.1) is 0 Å². The van der Waals surface area contributed by atoms with Crippen LogP contribution in [0.4, 0.5) is 10.3 Å². The molecule has 1 fully saturated rings. The summed E-state index contributed by atoms with van der Waals surface area (Å²) >= 11 is 0. The van der Waals surface area contributed by atoms with E-state index in [1.54, 1.807) is 29.2 Å². The van der Waals surface area contributed by atoms with Crippen LogP contribution in [0.25, 0.3) is 0 Å². The summed E-state index contributed by atoms with van der Waals surface area (Å²) in [5, 5.41) is 8.19. The summed E-state index contributed by atoms with van der Waals surface area (Å²) < 4.78 is 20.3. The van der Waals surface area contributed by atoms with Crippen molar-refractivity contribution in [1.29, 1.82) is 0 Å². The molecule has 0 N–H and O–H groups in total. The molecule has 0 spiro atoms. The zero-order valence-corrected chi connectivity index (χ0v) is 15.0. The zero-order valence-electron chi connectivity index (χ0n) is 15.0. The molecule has 0 radical (unpaired) electrons. The van der Waals surface area contributed by atoms with Crippen LogP contribution < -0.4 is 4.90 Å². The number of anilines is 1. The second-order valence-corrected chi connectivity index (χ2v) is 6.87. The average molecular weight is 368 g/mol. The van der Waals surface area contributed by atoms with Gasteiger partial charge in [-0.3, -0.25) is 9.48 Å². The zero-order chi connectivity index (χ0) is 18.6. The van der Waals surface area contributed by atoms with Crippen molar-refractivity contribution >= 4 is 11.7 Å². The van der Waals surface area contributed by atoms with Gasteiger partial charge < -0.3 is 9.42 Å². The second-order valence-electron chi connectivity index (χ2n) is 6.87. The Morgan fingerprint density at radius 2 is 2.00 bits per heavy atom. The van der Waals surface area contributed by atoms with Gasteiger partial charge in [0.05, 0.1) is 12.7 Å². The molecule has 4 rings (SSSR count). The molecule has 0 aliphatic carbocycles. The number of nitrogens with zero attached hydrogens (tertiary/aromatic N) is 4. The molecular weight excluding hydrogens is 347 g/mol. The molecule has 140 valence electrons. The van der Waals surface area contributed by atoms with Gasteiger partial charge in [-0.25, -0.2) is 4.39 Å². The van der Waals surface area contributed by atoms with Gasteiger partial charge in [0.2, 0.25) is 5.88 Å². The first kappa shape index (κ1) is 17.5. The Bertz CT molecular complexity index is 927. The lowest BCUT2D eigenvalue weighted by atomic mass is 10.1. The van der Waals surface area contributed by atoms with E-state index in [0.29, 0.717) is 18.1 Å². The Balaban J connectivity index is 1.38. The molecule has 1 aliphatic heterocycles. The first-order valence-corrected chi connectivity index (χ1v) is 9.18. The lowest BCUT2D eigenvalue weighted by Gasteiger charge is -2.25. The van der Waals surface area contributed by atoms with E-state index in [0.717, 1.165) is 37.1 Å². The quantitative estimate of drug-likeness (QED) is 0.624. The number of aromatic nitrogens is 3. The monoisotopic (exact) mass is 368 g/mol. The molecule has 3 heterocycles. The lowest BCUT2D eigenvalue weighted by Crippen LogP contribution is -2.28. The molecule has 2 aromatic heterocycles. The maximum Gasteiger partial charge on any atom is 0.227 e. The van der Waals surface area contributed by atoms with E-state index in [9.17, 15) is 9.18 Å². The van der Waals surface area contributed by atoms with Crippen LogP contribution in [0.1, 0.15) is 40.9 Å². The summed E-state index contributed by atoms with van der Waals surface area (Å²) in [4.78, 5) is 14.6. The molecule has 3 aromatic rings. The third-order valence-corrected chi connectivity index (χ3v) is 4.74. The molecule has 27 heavy (non-hydrogen) atoms. The van der Waals surface area contributed by atoms with Gasteiger partial charge in [-0.1, -0.05) is 17.3 Å². The van der Waals surface area contributed by atoms with Crippen molar-refractivity contribution in [3.05, 3.63) is 65.4 Å². The highest BCUT2D eigenvalue weighted by Gasteiger charge is 2.19. The van der Waals surface area contributed by atoms with Gasteiger partial charge in [-0.05, 0) is 42.5 Å². The lowest BCUT2D eigenvalue weighted by molar-refractivity contribution is 0.0984. The van der Waals surface area contributed by atoms with Crippen molar-refractivity contribution < 1.29 is 13.7 Å². The molecule has 1 aliphatic rings. The number of halogens is 1. The first-order valence-electron chi connectivity index (χ1n) is 9.18. The van der Waals surface area contributed by atoms with Crippen molar-refractivity contribution in [2.45, 2.75) is 32.2 Å². The van der Waals surface area contributed by atoms with Crippen molar-refractivity contribution in [3.63, 3.8) is 0 Å². The van der Waals surface area contributed by atoms with Crippen LogP contribution in [-0.2, 0) is 13.0 Å². The van der Waals surface area contributed by atoms with E-state index in [1.807, 2.05) is 6.07 Å². The van der Waals surface area contributed by atoms with Crippen molar-refractivity contribution in [2.24, 2.45) is 0 Å². The molecule has 0 saturated carbocycles. The van der Waals surface area contributed by atoms with Crippen LogP contribution in [0.3, 0.4) is 0 Å². The highest BCUT2D eigenvalue weighted by molar-refractivity contribution is 5.96. The Kier molecular flexibility index (Phi) is 5.00. The SMILES string of the molecule is O=C(Cc1cnn(Cc2cccc(F)c2)c1)c1cc(N2CCCCC2)on1. The standard InChI is InChI=1S/C20H21FN4O2/c21-17-6-4-5-15(9-17)13-25-14-16(12-22-25)10-19(26)18-11-20(27-23-18)24-7-2-1-3-8-24/h4-6,9,11-12,14H,1-3,7-8,10,13H2. The van der Waals surface area contributed by atoms with E-state index in [2.05, 4.69) is 15.2 Å². The summed E-state index contributed by atoms with van der Waals surface area (Å²) in [5.74, 6) is 0.290. The van der Waals surface area contributed by atoms with E-state index in [1.165, 1.54) is 18.6 Å². The molecule has 0 unspecified atom stereocenters. The third-order valence-electron chi connectivity index (χ3n) is 4.74. The van der Waals surface area contributed by atoms with Gasteiger partial charge in [0.1, 0.15) is 5.82 Å². The van der Waals surface area contributed by atoms with Crippen LogP contribution in [-0.4, -0.2) is 33.8 Å². The minimum atomic E-state index is -0.273. The molecular formula is C20H21FN4O2. The summed E-state index contributed by atoms with van der Waals surface area (Å²) in [6, 6.07) is 8.12. The molecule has 1 aromatic carbocycles. The smallest absolute Gasteiger partial charge is 0.227 e. The fourth-order valence-corrected chi connectivity index (χ4v) is 3.34. The molecule has 0 bridgehead atoms. The first-order chi connectivity index (χ1) is 13.2. The number of hydrogen-bond donors (Lipinski definition) is 0. The van der Waals surface area contributed by atoms with Crippen LogP contribution in [0.5, 0.6) is 0 Å². The highest BCUT2D eigenvalue weighted by atomic mass is 19.1. The normalized spacial score (nSPS) is 14.5. The minimum absolute atomic E-state index is 0.104. The average Bonchev–Trinajstić information content (AvgIpc) is 3.32. The largest absolute Gasteiger partial charge is 0.341 e. The van der Waals surface area contributed by atoms with E-state index >= 15 is 0 Å². The number of hydrogen-bond acceptors (Lipinski definition) is 5. The summed E-state index contributed by atoms with van der Waals surface area (Å²) in [5.41, 5.74) is 1.95. The molecule has 7 heteroatoms. The van der Waals surface area contributed by atoms with E-state index in [-0.39, 0.29) is 18.0 Å². The van der Waals surface area contributed by atoms with Gasteiger partial charge in [0.25, 0.3) is 0 Å². The fourth-order valence-electron chi connectivity index (χ4n) is 3.34. The van der Waals surface area contributed by atoms with Crippen molar-refractivity contribution in [3.8, 4) is 0 Å². The Morgan fingerprint density at radius 3 is 2.81 bits per heavy atom. The Morgan fingerprint density at radius 1 is 1.15 bits per heavy atom. The maximum atomic E-state index is 13.3. The molecule has 0 amide bonds.